The Hall–Kier alpha value is -2.71. The van der Waals surface area contributed by atoms with Crippen LogP contribution in [0.2, 0.25) is 0 Å². The molecule has 1 fully saturated rings. The molecule has 1 aliphatic heterocycles. The Bertz CT molecular complexity index is 1040. The predicted molar refractivity (Wildman–Crippen MR) is 132 cm³/mol. The Labute approximate surface area is 199 Å². The van der Waals surface area contributed by atoms with Gasteiger partial charge in [-0.05, 0) is 76.7 Å². The first-order valence-corrected chi connectivity index (χ1v) is 12.2. The minimum Gasteiger partial charge on any atom is -0.462 e. The number of nitrogens with one attached hydrogen (secondary N) is 2. The first-order valence-electron chi connectivity index (χ1n) is 11.4. The first kappa shape index (κ1) is 24.9. The van der Waals surface area contributed by atoms with E-state index in [1.54, 1.807) is 13.8 Å². The van der Waals surface area contributed by atoms with Crippen molar-refractivity contribution in [2.75, 3.05) is 36.9 Å². The summed E-state index contributed by atoms with van der Waals surface area (Å²) in [5, 5.41) is 6.15. The number of ether oxygens (including phenoxy) is 1. The van der Waals surface area contributed by atoms with E-state index in [4.69, 9.17) is 4.74 Å². The van der Waals surface area contributed by atoms with Crippen LogP contribution in [0.1, 0.15) is 63.4 Å². The smallest absolute Gasteiger partial charge is 0.341 e. The van der Waals surface area contributed by atoms with E-state index in [-0.39, 0.29) is 30.5 Å². The SMILES string of the molecule is CCOC(=O)c1c(NC(=O)CN2CCC(C)CC2)sc(C(=O)Nc2ccc(C)cc2C)c1C. The summed E-state index contributed by atoms with van der Waals surface area (Å²) in [7, 11) is 0. The Morgan fingerprint density at radius 2 is 1.82 bits per heavy atom. The van der Waals surface area contributed by atoms with E-state index in [0.29, 0.717) is 27.0 Å². The lowest BCUT2D eigenvalue weighted by atomic mass is 9.99. The summed E-state index contributed by atoms with van der Waals surface area (Å²) in [6.45, 7) is 11.8. The van der Waals surface area contributed by atoms with Crippen LogP contribution in [0.3, 0.4) is 0 Å². The summed E-state index contributed by atoms with van der Waals surface area (Å²) in [4.78, 5) is 41.0. The lowest BCUT2D eigenvalue weighted by Crippen LogP contribution is -2.38. The Kier molecular flexibility index (Phi) is 8.26. The molecule has 0 aliphatic carbocycles. The number of thiophene rings is 1. The average molecular weight is 472 g/mol. The molecule has 0 radical (unpaired) electrons. The van der Waals surface area contributed by atoms with Crippen LogP contribution in [0.5, 0.6) is 0 Å². The molecule has 33 heavy (non-hydrogen) atoms. The van der Waals surface area contributed by atoms with Gasteiger partial charge in [-0.2, -0.15) is 0 Å². The number of anilines is 2. The fraction of sp³-hybridized carbons (Fsp3) is 0.480. The summed E-state index contributed by atoms with van der Waals surface area (Å²) >= 11 is 1.10. The Morgan fingerprint density at radius 3 is 2.45 bits per heavy atom. The van der Waals surface area contributed by atoms with Gasteiger partial charge in [0.1, 0.15) is 5.00 Å². The van der Waals surface area contributed by atoms with Crippen molar-refractivity contribution in [1.29, 1.82) is 0 Å². The number of likely N-dealkylation sites (tertiary alicyclic amines) is 1. The molecule has 2 amide bonds. The van der Waals surface area contributed by atoms with Crippen molar-refractivity contribution in [3.63, 3.8) is 0 Å². The molecule has 0 saturated carbocycles. The number of carbonyl (C=O) groups is 3. The van der Waals surface area contributed by atoms with Gasteiger partial charge >= 0.3 is 5.97 Å². The number of nitrogens with zero attached hydrogens (tertiary/aromatic N) is 1. The third-order valence-electron chi connectivity index (χ3n) is 5.96. The van der Waals surface area contributed by atoms with Crippen LogP contribution in [0, 0.1) is 26.7 Å². The molecule has 0 bridgehead atoms. The number of piperidine rings is 1. The zero-order valence-corrected chi connectivity index (χ0v) is 20.9. The van der Waals surface area contributed by atoms with E-state index in [0.717, 1.165) is 48.4 Å². The maximum Gasteiger partial charge on any atom is 0.341 e. The van der Waals surface area contributed by atoms with Crippen molar-refractivity contribution >= 4 is 39.8 Å². The molecule has 0 spiro atoms. The summed E-state index contributed by atoms with van der Waals surface area (Å²) in [5.74, 6) is -0.380. The summed E-state index contributed by atoms with van der Waals surface area (Å²) in [5.41, 5.74) is 3.51. The number of hydrogen-bond donors (Lipinski definition) is 2. The lowest BCUT2D eigenvalue weighted by molar-refractivity contribution is -0.117. The Morgan fingerprint density at radius 1 is 1.12 bits per heavy atom. The average Bonchev–Trinajstić information content (AvgIpc) is 3.07. The van der Waals surface area contributed by atoms with Gasteiger partial charge in [0, 0.05) is 5.69 Å². The molecule has 1 aliphatic rings. The van der Waals surface area contributed by atoms with E-state index >= 15 is 0 Å². The van der Waals surface area contributed by atoms with Crippen molar-refractivity contribution in [2.45, 2.75) is 47.5 Å². The quantitative estimate of drug-likeness (QED) is 0.568. The number of amides is 2. The van der Waals surface area contributed by atoms with Gasteiger partial charge in [-0.3, -0.25) is 14.5 Å². The van der Waals surface area contributed by atoms with Gasteiger partial charge in [-0.25, -0.2) is 4.79 Å². The molecule has 2 aromatic rings. The molecule has 1 aromatic carbocycles. The highest BCUT2D eigenvalue weighted by Gasteiger charge is 2.27. The second-order valence-electron chi connectivity index (χ2n) is 8.76. The fourth-order valence-corrected chi connectivity index (χ4v) is 5.10. The number of aryl methyl sites for hydroxylation is 2. The number of hydrogen-bond acceptors (Lipinski definition) is 6. The van der Waals surface area contributed by atoms with E-state index in [1.165, 1.54) is 0 Å². The van der Waals surface area contributed by atoms with Crippen molar-refractivity contribution in [3.05, 3.63) is 45.3 Å². The van der Waals surface area contributed by atoms with Crippen LogP contribution in [-0.2, 0) is 9.53 Å². The van der Waals surface area contributed by atoms with Crippen LogP contribution in [-0.4, -0.2) is 48.9 Å². The largest absolute Gasteiger partial charge is 0.462 e. The van der Waals surface area contributed by atoms with Crippen LogP contribution in [0.4, 0.5) is 10.7 Å². The van der Waals surface area contributed by atoms with Gasteiger partial charge < -0.3 is 15.4 Å². The molecule has 1 aromatic heterocycles. The maximum atomic E-state index is 13.1. The third kappa shape index (κ3) is 6.21. The topological polar surface area (TPSA) is 87.7 Å². The normalized spacial score (nSPS) is 14.7. The lowest BCUT2D eigenvalue weighted by Gasteiger charge is -2.29. The predicted octanol–water partition coefficient (Wildman–Crippen LogP) is 4.77. The molecule has 1 saturated heterocycles. The molecule has 0 unspecified atom stereocenters. The monoisotopic (exact) mass is 471 g/mol. The van der Waals surface area contributed by atoms with Crippen molar-refractivity contribution in [1.82, 2.24) is 4.90 Å². The number of benzene rings is 1. The molecule has 3 rings (SSSR count). The van der Waals surface area contributed by atoms with Crippen LogP contribution in [0.15, 0.2) is 18.2 Å². The van der Waals surface area contributed by atoms with E-state index in [9.17, 15) is 14.4 Å². The van der Waals surface area contributed by atoms with Gasteiger partial charge in [-0.1, -0.05) is 24.6 Å². The van der Waals surface area contributed by atoms with Gasteiger partial charge in [-0.15, -0.1) is 11.3 Å². The minimum absolute atomic E-state index is 0.197. The molecule has 2 N–H and O–H groups in total. The number of rotatable bonds is 7. The summed E-state index contributed by atoms with van der Waals surface area (Å²) in [6.07, 6.45) is 2.14. The van der Waals surface area contributed by atoms with Crippen LogP contribution < -0.4 is 10.6 Å². The molecular formula is C25H33N3O4S. The standard InChI is InChI=1S/C25H33N3O4S/c1-6-32-25(31)21-18(5)22(23(30)26-19-8-7-16(3)13-17(19)4)33-24(21)27-20(29)14-28-11-9-15(2)10-12-28/h7-8,13,15H,6,9-12,14H2,1-5H3,(H,26,30)(H,27,29). The number of esters is 1. The van der Waals surface area contributed by atoms with Gasteiger partial charge in [0.25, 0.3) is 5.91 Å². The summed E-state index contributed by atoms with van der Waals surface area (Å²) < 4.78 is 5.21. The zero-order chi connectivity index (χ0) is 24.1. The van der Waals surface area contributed by atoms with Crippen LogP contribution in [0.25, 0.3) is 0 Å². The van der Waals surface area contributed by atoms with Crippen LogP contribution >= 0.6 is 11.3 Å². The van der Waals surface area contributed by atoms with E-state index < -0.39 is 5.97 Å². The molecule has 0 atom stereocenters. The third-order valence-corrected chi connectivity index (χ3v) is 7.17. The molecular weight excluding hydrogens is 438 g/mol. The Balaban J connectivity index is 1.81. The van der Waals surface area contributed by atoms with E-state index in [1.807, 2.05) is 32.0 Å². The second kappa shape index (κ2) is 10.9. The van der Waals surface area contributed by atoms with Gasteiger partial charge in [0.2, 0.25) is 5.91 Å². The molecule has 8 heteroatoms. The zero-order valence-electron chi connectivity index (χ0n) is 20.0. The summed E-state index contributed by atoms with van der Waals surface area (Å²) in [6, 6.07) is 5.79. The highest BCUT2D eigenvalue weighted by atomic mass is 32.1. The number of carbonyl (C=O) groups excluding carboxylic acids is 3. The fourth-order valence-electron chi connectivity index (χ4n) is 3.99. The van der Waals surface area contributed by atoms with Crippen molar-refractivity contribution in [2.24, 2.45) is 5.92 Å². The molecule has 7 nitrogen and oxygen atoms in total. The first-order chi connectivity index (χ1) is 15.7. The minimum atomic E-state index is -0.543. The molecule has 178 valence electrons. The maximum absolute atomic E-state index is 13.1. The molecule has 2 heterocycles. The second-order valence-corrected chi connectivity index (χ2v) is 9.78. The van der Waals surface area contributed by atoms with Crippen molar-refractivity contribution < 1.29 is 19.1 Å². The van der Waals surface area contributed by atoms with Gasteiger partial charge in [0.05, 0.1) is 23.6 Å². The highest BCUT2D eigenvalue weighted by Crippen LogP contribution is 2.34. The highest BCUT2D eigenvalue weighted by molar-refractivity contribution is 7.19. The van der Waals surface area contributed by atoms with E-state index in [2.05, 4.69) is 22.5 Å². The van der Waals surface area contributed by atoms with Gasteiger partial charge in [0.15, 0.2) is 0 Å². The van der Waals surface area contributed by atoms with Crippen molar-refractivity contribution in [3.8, 4) is 0 Å².